The van der Waals surface area contributed by atoms with Crippen molar-refractivity contribution in [3.63, 3.8) is 0 Å². The molecule has 0 aromatic heterocycles. The van der Waals surface area contributed by atoms with Gasteiger partial charge >= 0.3 is 5.97 Å². The zero-order valence-electron chi connectivity index (χ0n) is 19.5. The van der Waals surface area contributed by atoms with Gasteiger partial charge in [-0.05, 0) is 41.3 Å². The summed E-state index contributed by atoms with van der Waals surface area (Å²) in [6, 6.07) is 17.6. The maximum atomic E-state index is 13.4. The molecule has 36 heavy (non-hydrogen) atoms. The number of carbonyl (C=O) groups excluding carboxylic acids is 1. The molecule has 5 nitrogen and oxygen atoms in total. The lowest BCUT2D eigenvalue weighted by atomic mass is 10.0. The Kier molecular flexibility index (Phi) is 8.34. The van der Waals surface area contributed by atoms with E-state index in [2.05, 4.69) is 6.07 Å². The number of benzene rings is 3. The van der Waals surface area contributed by atoms with Crippen molar-refractivity contribution in [2.75, 3.05) is 0 Å². The molecule has 0 radical (unpaired) electrons. The molecule has 0 fully saturated rings. The quantitative estimate of drug-likeness (QED) is 0.164. The maximum Gasteiger partial charge on any atom is 0.325 e. The fourth-order valence-corrected chi connectivity index (χ4v) is 5.32. The summed E-state index contributed by atoms with van der Waals surface area (Å²) in [5.74, 6) is 0.542. The van der Waals surface area contributed by atoms with E-state index in [1.54, 1.807) is 24.3 Å². The molecule has 0 saturated carbocycles. The van der Waals surface area contributed by atoms with Crippen LogP contribution in [-0.2, 0) is 22.6 Å². The Balaban J connectivity index is 1.53. The van der Waals surface area contributed by atoms with E-state index < -0.39 is 18.1 Å². The summed E-state index contributed by atoms with van der Waals surface area (Å²) < 4.78 is 11.6. The van der Waals surface area contributed by atoms with Gasteiger partial charge < -0.3 is 9.47 Å². The lowest BCUT2D eigenvalue weighted by Crippen LogP contribution is -2.43. The van der Waals surface area contributed by atoms with Crippen LogP contribution >= 0.6 is 46.4 Å². The highest BCUT2D eigenvalue weighted by Crippen LogP contribution is 2.45. The van der Waals surface area contributed by atoms with Crippen LogP contribution in [0.1, 0.15) is 36.6 Å². The first-order valence-corrected chi connectivity index (χ1v) is 12.7. The highest BCUT2D eigenvalue weighted by Gasteiger charge is 2.38. The molecule has 1 aliphatic rings. The lowest BCUT2D eigenvalue weighted by molar-refractivity contribution is -0.155. The van der Waals surface area contributed by atoms with Gasteiger partial charge in [0, 0.05) is 18.7 Å². The zero-order valence-corrected chi connectivity index (χ0v) is 22.5. The largest absolute Gasteiger partial charge is 0.457 e. The molecule has 9 heteroatoms. The van der Waals surface area contributed by atoms with Crippen molar-refractivity contribution in [2.24, 2.45) is 5.92 Å². The lowest BCUT2D eigenvalue weighted by Gasteiger charge is -2.29. The van der Waals surface area contributed by atoms with Gasteiger partial charge in [-0.1, -0.05) is 90.6 Å². The molecule has 2 atom stereocenters. The van der Waals surface area contributed by atoms with Gasteiger partial charge in [-0.3, -0.25) is 9.69 Å². The smallest absolute Gasteiger partial charge is 0.325 e. The molecule has 2 unspecified atom stereocenters. The van der Waals surface area contributed by atoms with Crippen LogP contribution in [0.4, 0.5) is 0 Å². The third kappa shape index (κ3) is 5.44. The molecule has 3 aromatic carbocycles. The number of nitriles is 1. The van der Waals surface area contributed by atoms with Gasteiger partial charge in [-0.15, -0.1) is 0 Å². The van der Waals surface area contributed by atoms with Crippen LogP contribution in [0.2, 0.25) is 20.1 Å². The van der Waals surface area contributed by atoms with Crippen LogP contribution in [0.15, 0.2) is 54.6 Å². The van der Waals surface area contributed by atoms with Crippen LogP contribution in [0, 0.1) is 17.2 Å². The standard InChI is InChI=1S/C27H22Cl4N2O3/c1-15(2)26(33-13-19-20(14-33)23(29)25(31)24(30)22(19)28)27(34)36-21(12-32)16-7-6-10-18(11-16)35-17-8-4-3-5-9-17/h3-11,15,21,26H,13-14H2,1-2H3. The second kappa shape index (κ2) is 11.3. The van der Waals surface area contributed by atoms with Crippen LogP contribution in [0.3, 0.4) is 0 Å². The first kappa shape index (κ1) is 26.6. The summed E-state index contributed by atoms with van der Waals surface area (Å²) in [6.45, 7) is 4.52. The van der Waals surface area contributed by atoms with Crippen molar-refractivity contribution in [3.05, 3.63) is 91.4 Å². The normalized spacial score (nSPS) is 14.7. The van der Waals surface area contributed by atoms with Crippen molar-refractivity contribution in [3.8, 4) is 17.6 Å². The Morgan fingerprint density at radius 2 is 1.47 bits per heavy atom. The number of hydrogen-bond acceptors (Lipinski definition) is 5. The molecule has 0 spiro atoms. The Morgan fingerprint density at radius 3 is 2.03 bits per heavy atom. The summed E-state index contributed by atoms with van der Waals surface area (Å²) in [5.41, 5.74) is 1.98. The van der Waals surface area contributed by atoms with E-state index in [0.717, 1.165) is 11.1 Å². The molecule has 186 valence electrons. The number of halogens is 4. The summed E-state index contributed by atoms with van der Waals surface area (Å²) >= 11 is 25.3. The fourth-order valence-electron chi connectivity index (χ4n) is 4.27. The minimum absolute atomic E-state index is 0.123. The average Bonchev–Trinajstić information content (AvgIpc) is 3.30. The van der Waals surface area contributed by atoms with Gasteiger partial charge in [0.15, 0.2) is 0 Å². The second-order valence-electron chi connectivity index (χ2n) is 8.74. The summed E-state index contributed by atoms with van der Waals surface area (Å²) in [5, 5.41) is 10.9. The Hall–Kier alpha value is -2.46. The van der Waals surface area contributed by atoms with E-state index in [1.165, 1.54) is 0 Å². The summed E-state index contributed by atoms with van der Waals surface area (Å²) in [7, 11) is 0. The number of carbonyl (C=O) groups is 1. The van der Waals surface area contributed by atoms with Crippen molar-refractivity contribution < 1.29 is 14.3 Å². The summed E-state index contributed by atoms with van der Waals surface area (Å²) in [4.78, 5) is 15.3. The van der Waals surface area contributed by atoms with Gasteiger partial charge in [0.2, 0.25) is 6.10 Å². The molecule has 0 amide bonds. The van der Waals surface area contributed by atoms with Gasteiger partial charge in [-0.2, -0.15) is 5.26 Å². The van der Waals surface area contributed by atoms with E-state index in [4.69, 9.17) is 55.9 Å². The molecule has 0 bridgehead atoms. The second-order valence-corrected chi connectivity index (χ2v) is 10.3. The van der Waals surface area contributed by atoms with Crippen LogP contribution in [-0.4, -0.2) is 16.9 Å². The van der Waals surface area contributed by atoms with E-state index in [0.29, 0.717) is 40.2 Å². The highest BCUT2D eigenvalue weighted by atomic mass is 35.5. The van der Waals surface area contributed by atoms with Crippen molar-refractivity contribution >= 4 is 52.4 Å². The monoisotopic (exact) mass is 562 g/mol. The van der Waals surface area contributed by atoms with Crippen molar-refractivity contribution in [2.45, 2.75) is 39.1 Å². The third-order valence-electron chi connectivity index (χ3n) is 5.95. The Morgan fingerprint density at radius 1 is 0.889 bits per heavy atom. The average molecular weight is 564 g/mol. The molecule has 0 saturated heterocycles. The number of nitrogens with zero attached hydrogens (tertiary/aromatic N) is 2. The predicted octanol–water partition coefficient (Wildman–Crippen LogP) is 8.24. The van der Waals surface area contributed by atoms with Crippen LogP contribution in [0.5, 0.6) is 11.5 Å². The number of esters is 1. The van der Waals surface area contributed by atoms with E-state index in [9.17, 15) is 10.1 Å². The third-order valence-corrected chi connectivity index (χ3v) is 7.83. The van der Waals surface area contributed by atoms with Crippen LogP contribution < -0.4 is 4.74 Å². The Labute approximate surface area is 230 Å². The highest BCUT2D eigenvalue weighted by molar-refractivity contribution is 6.52. The summed E-state index contributed by atoms with van der Waals surface area (Å²) in [6.07, 6.45) is -1.11. The fraction of sp³-hybridized carbons (Fsp3) is 0.259. The van der Waals surface area contributed by atoms with Crippen LogP contribution in [0.25, 0.3) is 0 Å². The molecule has 1 heterocycles. The topological polar surface area (TPSA) is 62.6 Å². The molecule has 3 aromatic rings. The molecule has 1 aliphatic heterocycles. The van der Waals surface area contributed by atoms with Crippen molar-refractivity contribution in [1.29, 1.82) is 5.26 Å². The minimum atomic E-state index is -1.11. The van der Waals surface area contributed by atoms with E-state index in [-0.39, 0.29) is 16.0 Å². The zero-order chi connectivity index (χ0) is 26.0. The number of para-hydroxylation sites is 1. The van der Waals surface area contributed by atoms with Crippen molar-refractivity contribution in [1.82, 2.24) is 4.90 Å². The van der Waals surface area contributed by atoms with E-state index >= 15 is 0 Å². The number of rotatable bonds is 7. The Bertz CT molecular complexity index is 1290. The maximum absolute atomic E-state index is 13.4. The first-order chi connectivity index (χ1) is 17.2. The number of hydrogen-bond donors (Lipinski definition) is 0. The molecule has 4 rings (SSSR count). The van der Waals surface area contributed by atoms with E-state index in [1.807, 2.05) is 49.1 Å². The molecular weight excluding hydrogens is 542 g/mol. The van der Waals surface area contributed by atoms with Gasteiger partial charge in [0.1, 0.15) is 23.6 Å². The number of fused-ring (bicyclic) bond motifs is 1. The number of ether oxygens (including phenoxy) is 2. The predicted molar refractivity (Wildman–Crippen MR) is 142 cm³/mol. The molecule has 0 N–H and O–H groups in total. The van der Waals surface area contributed by atoms with Gasteiger partial charge in [0.05, 0.1) is 20.1 Å². The minimum Gasteiger partial charge on any atom is -0.457 e. The molecular formula is C27H22Cl4N2O3. The van der Waals surface area contributed by atoms with Gasteiger partial charge in [-0.25, -0.2) is 0 Å². The SMILES string of the molecule is CC(C)C(C(=O)OC(C#N)c1cccc(Oc2ccccc2)c1)N1Cc2c(Cl)c(Cl)c(Cl)c(Cl)c2C1. The molecule has 0 aliphatic carbocycles. The van der Waals surface area contributed by atoms with Gasteiger partial charge in [0.25, 0.3) is 0 Å². The first-order valence-electron chi connectivity index (χ1n) is 11.2.